The fraction of sp³-hybridized carbons (Fsp3) is 0.500. The highest BCUT2D eigenvalue weighted by Gasteiger charge is 2.35. The predicted octanol–water partition coefficient (Wildman–Crippen LogP) is 4.68. The molecule has 0 spiro atoms. The maximum atomic E-state index is 13.7. The fourth-order valence-corrected chi connectivity index (χ4v) is 4.71. The molecule has 1 fully saturated rings. The van der Waals surface area contributed by atoms with E-state index in [2.05, 4.69) is 5.32 Å². The lowest BCUT2D eigenvalue weighted by molar-refractivity contribution is -0.140. The number of likely N-dealkylation sites (tertiary alicyclic amines) is 1. The summed E-state index contributed by atoms with van der Waals surface area (Å²) >= 11 is 0. The van der Waals surface area contributed by atoms with Crippen molar-refractivity contribution in [3.05, 3.63) is 58.2 Å². The zero-order valence-electron chi connectivity index (χ0n) is 19.0. The zero-order valence-corrected chi connectivity index (χ0v) is 19.0. The Morgan fingerprint density at radius 2 is 2.00 bits per heavy atom. The van der Waals surface area contributed by atoms with Crippen LogP contribution in [0, 0.1) is 5.82 Å². The van der Waals surface area contributed by atoms with E-state index in [1.807, 2.05) is 6.92 Å². The monoisotopic (exact) mass is 481 g/mol. The Morgan fingerprint density at radius 3 is 2.65 bits per heavy atom. The molecule has 184 valence electrons. The van der Waals surface area contributed by atoms with Crippen LogP contribution < -0.4 is 5.32 Å². The second-order valence-corrected chi connectivity index (χ2v) is 8.76. The first-order valence-corrected chi connectivity index (χ1v) is 11.4. The van der Waals surface area contributed by atoms with Gasteiger partial charge in [-0.1, -0.05) is 13.0 Å². The molecule has 0 bridgehead atoms. The maximum Gasteiger partial charge on any atom is 0.419 e. The molecule has 0 radical (unpaired) electrons. The van der Waals surface area contributed by atoms with Gasteiger partial charge >= 0.3 is 6.18 Å². The number of alkyl halides is 3. The van der Waals surface area contributed by atoms with E-state index in [9.17, 15) is 27.2 Å². The first kappa shape index (κ1) is 24.3. The van der Waals surface area contributed by atoms with Crippen molar-refractivity contribution in [2.24, 2.45) is 0 Å². The van der Waals surface area contributed by atoms with E-state index >= 15 is 0 Å². The predicted molar refractivity (Wildman–Crippen MR) is 116 cm³/mol. The van der Waals surface area contributed by atoms with Crippen LogP contribution in [0.1, 0.15) is 76.8 Å². The highest BCUT2D eigenvalue weighted by Crippen LogP contribution is 2.34. The summed E-state index contributed by atoms with van der Waals surface area (Å²) in [7, 11) is 0. The van der Waals surface area contributed by atoms with Gasteiger partial charge in [-0.25, -0.2) is 4.39 Å². The molecule has 2 aromatic rings. The van der Waals surface area contributed by atoms with E-state index in [-0.39, 0.29) is 36.1 Å². The van der Waals surface area contributed by atoms with E-state index in [4.69, 9.17) is 4.74 Å². The third-order valence-corrected chi connectivity index (χ3v) is 6.60. The molecule has 1 aromatic carbocycles. The molecule has 0 saturated carbocycles. The molecule has 2 unspecified atom stereocenters. The number of ether oxygens (including phenoxy) is 1. The number of fused-ring (bicyclic) bond motifs is 1. The normalized spacial score (nSPS) is 19.1. The van der Waals surface area contributed by atoms with Gasteiger partial charge in [0.2, 0.25) is 0 Å². The standard InChI is InChI=1S/C24H27F4N3O3/c1-3-19(15-6-7-18(25)17(11-15)24(26,27)28)29-22(32)16-12-20(31-9-10-34-13-21(16)31)23(33)30-8-4-5-14(30)2/h6-7,11-12,14,19H,3-5,8-10,13H2,1-2H3,(H,29,32). The Morgan fingerprint density at radius 1 is 1.24 bits per heavy atom. The third kappa shape index (κ3) is 4.55. The molecule has 2 aliphatic rings. The average Bonchev–Trinajstić information content (AvgIpc) is 3.40. The number of rotatable bonds is 5. The molecule has 1 saturated heterocycles. The van der Waals surface area contributed by atoms with E-state index in [1.165, 1.54) is 6.07 Å². The molecule has 1 N–H and O–H groups in total. The summed E-state index contributed by atoms with van der Waals surface area (Å²) in [4.78, 5) is 28.2. The van der Waals surface area contributed by atoms with E-state index in [1.54, 1.807) is 22.5 Å². The van der Waals surface area contributed by atoms with Gasteiger partial charge in [0.05, 0.1) is 36.1 Å². The van der Waals surface area contributed by atoms with Crippen LogP contribution >= 0.6 is 0 Å². The number of carbonyl (C=O) groups excluding carboxylic acids is 2. The van der Waals surface area contributed by atoms with Gasteiger partial charge in [-0.15, -0.1) is 0 Å². The van der Waals surface area contributed by atoms with Gasteiger partial charge < -0.3 is 19.5 Å². The zero-order chi connectivity index (χ0) is 24.6. The summed E-state index contributed by atoms with van der Waals surface area (Å²) in [5, 5.41) is 2.76. The van der Waals surface area contributed by atoms with Crippen molar-refractivity contribution in [3.8, 4) is 0 Å². The first-order chi connectivity index (χ1) is 16.1. The van der Waals surface area contributed by atoms with Crippen molar-refractivity contribution >= 4 is 11.8 Å². The highest BCUT2D eigenvalue weighted by atomic mass is 19.4. The molecule has 10 heteroatoms. The molecule has 2 amide bonds. The number of nitrogens with zero attached hydrogens (tertiary/aromatic N) is 2. The van der Waals surface area contributed by atoms with Crippen LogP contribution in [0.5, 0.6) is 0 Å². The smallest absolute Gasteiger partial charge is 0.373 e. The fourth-order valence-electron chi connectivity index (χ4n) is 4.71. The average molecular weight is 481 g/mol. The largest absolute Gasteiger partial charge is 0.419 e. The molecule has 3 heterocycles. The lowest BCUT2D eigenvalue weighted by Crippen LogP contribution is -2.35. The number of hydrogen-bond acceptors (Lipinski definition) is 3. The summed E-state index contributed by atoms with van der Waals surface area (Å²) in [6, 6.07) is 3.61. The molecule has 0 aliphatic carbocycles. The van der Waals surface area contributed by atoms with Gasteiger partial charge in [-0.3, -0.25) is 9.59 Å². The minimum atomic E-state index is -4.84. The second kappa shape index (κ2) is 9.40. The van der Waals surface area contributed by atoms with Gasteiger partial charge in [0.1, 0.15) is 11.5 Å². The van der Waals surface area contributed by atoms with Gasteiger partial charge in [0, 0.05) is 19.1 Å². The van der Waals surface area contributed by atoms with Crippen molar-refractivity contribution in [2.45, 2.75) is 64.5 Å². The van der Waals surface area contributed by atoms with Crippen LogP contribution in [0.4, 0.5) is 17.6 Å². The summed E-state index contributed by atoms with van der Waals surface area (Å²) < 4.78 is 60.5. The van der Waals surface area contributed by atoms with E-state index in [0.29, 0.717) is 31.1 Å². The number of hydrogen-bond donors (Lipinski definition) is 1. The van der Waals surface area contributed by atoms with Crippen LogP contribution in [0.2, 0.25) is 0 Å². The van der Waals surface area contributed by atoms with Gasteiger partial charge in [0.15, 0.2) is 0 Å². The number of aromatic nitrogens is 1. The Labute approximate surface area is 194 Å². The van der Waals surface area contributed by atoms with Gasteiger partial charge in [0.25, 0.3) is 11.8 Å². The Balaban J connectivity index is 1.63. The minimum Gasteiger partial charge on any atom is -0.373 e. The highest BCUT2D eigenvalue weighted by molar-refractivity contribution is 6.01. The van der Waals surface area contributed by atoms with Gasteiger partial charge in [-0.05, 0) is 49.9 Å². The number of benzene rings is 1. The number of halogens is 4. The van der Waals surface area contributed by atoms with Crippen LogP contribution in [0.3, 0.4) is 0 Å². The SMILES string of the molecule is CCC(NC(=O)c1cc(C(=O)N2CCCC2C)n2c1COCC2)c1ccc(F)c(C(F)(F)F)c1. The Bertz CT molecular complexity index is 1100. The van der Waals surface area contributed by atoms with Crippen molar-refractivity contribution in [1.29, 1.82) is 0 Å². The summed E-state index contributed by atoms with van der Waals surface area (Å²) in [5.74, 6) is -2.03. The quantitative estimate of drug-likeness (QED) is 0.631. The van der Waals surface area contributed by atoms with Crippen LogP contribution in [0.15, 0.2) is 24.3 Å². The van der Waals surface area contributed by atoms with Crippen molar-refractivity contribution < 1.29 is 31.9 Å². The van der Waals surface area contributed by atoms with Crippen molar-refractivity contribution in [2.75, 3.05) is 13.2 Å². The second-order valence-electron chi connectivity index (χ2n) is 8.76. The van der Waals surface area contributed by atoms with Crippen LogP contribution in [0.25, 0.3) is 0 Å². The molecule has 2 atom stereocenters. The maximum absolute atomic E-state index is 13.7. The Hall–Kier alpha value is -2.88. The summed E-state index contributed by atoms with van der Waals surface area (Å²) in [6.07, 6.45) is -2.71. The topological polar surface area (TPSA) is 63.6 Å². The molecule has 6 nitrogen and oxygen atoms in total. The Kier molecular flexibility index (Phi) is 6.71. The van der Waals surface area contributed by atoms with E-state index < -0.39 is 29.5 Å². The molecule has 34 heavy (non-hydrogen) atoms. The first-order valence-electron chi connectivity index (χ1n) is 11.4. The van der Waals surface area contributed by atoms with E-state index in [0.717, 1.165) is 25.0 Å². The van der Waals surface area contributed by atoms with Crippen molar-refractivity contribution in [3.63, 3.8) is 0 Å². The molecule has 2 aliphatic heterocycles. The lowest BCUT2D eigenvalue weighted by Gasteiger charge is -2.24. The minimum absolute atomic E-state index is 0.113. The lowest BCUT2D eigenvalue weighted by atomic mass is 10.0. The third-order valence-electron chi connectivity index (χ3n) is 6.60. The van der Waals surface area contributed by atoms with Crippen LogP contribution in [-0.2, 0) is 24.1 Å². The summed E-state index contributed by atoms with van der Waals surface area (Å²) in [5.41, 5.74) is -0.00200. The molecule has 1 aromatic heterocycles. The van der Waals surface area contributed by atoms with Crippen LogP contribution in [-0.4, -0.2) is 40.5 Å². The molecular formula is C24H27F4N3O3. The number of carbonyl (C=O) groups is 2. The molecule has 4 rings (SSSR count). The number of nitrogens with one attached hydrogen (secondary N) is 1. The number of amides is 2. The van der Waals surface area contributed by atoms with Gasteiger partial charge in [-0.2, -0.15) is 13.2 Å². The summed E-state index contributed by atoms with van der Waals surface area (Å²) in [6.45, 7) is 5.34. The van der Waals surface area contributed by atoms with Crippen molar-refractivity contribution in [1.82, 2.24) is 14.8 Å². The molecular weight excluding hydrogens is 454 g/mol.